The molecule has 1 N–H and O–H groups in total. The molecule has 10 heteroatoms. The molecule has 3 aliphatic heterocycles. The molecule has 1 aromatic carbocycles. The highest BCUT2D eigenvalue weighted by molar-refractivity contribution is 9.09. The van der Waals surface area contributed by atoms with E-state index < -0.39 is 35.6 Å². The van der Waals surface area contributed by atoms with Gasteiger partial charge in [-0.15, -0.1) is 6.58 Å². The van der Waals surface area contributed by atoms with Gasteiger partial charge in [0, 0.05) is 49.0 Å². The fraction of sp³-hybridized carbons (Fsp3) is 0.621. The molecule has 0 aliphatic carbocycles. The highest BCUT2D eigenvalue weighted by atomic mass is 79.9. The molecule has 1 aromatic rings. The van der Waals surface area contributed by atoms with Gasteiger partial charge in [0.25, 0.3) is 5.91 Å². The maximum atomic E-state index is 14.5. The maximum Gasteiger partial charge on any atom is 0.312 e. The Morgan fingerprint density at radius 2 is 1.87 bits per heavy atom. The normalized spacial score (nSPS) is 28.9. The van der Waals surface area contributed by atoms with Gasteiger partial charge in [0.05, 0.1) is 24.5 Å². The highest BCUT2D eigenvalue weighted by Gasteiger charge is 2.77. The molecule has 1 spiro atoms. The number of ether oxygens (including phenoxy) is 2. The Kier molecular flexibility index (Phi) is 9.39. The number of nitrogens with zero attached hydrogens (tertiary/aromatic N) is 3. The van der Waals surface area contributed by atoms with E-state index in [0.29, 0.717) is 24.9 Å². The van der Waals surface area contributed by atoms with Crippen molar-refractivity contribution in [2.75, 3.05) is 49.2 Å². The van der Waals surface area contributed by atoms with Gasteiger partial charge >= 0.3 is 5.97 Å². The lowest BCUT2D eigenvalue weighted by Crippen LogP contribution is -2.57. The Labute approximate surface area is 239 Å². The fourth-order valence-corrected chi connectivity index (χ4v) is 7.53. The summed E-state index contributed by atoms with van der Waals surface area (Å²) < 4.78 is 11.9. The van der Waals surface area contributed by atoms with Crippen molar-refractivity contribution >= 4 is 45.1 Å². The number of aliphatic hydroxyl groups excluding tert-OH is 1. The molecule has 4 rings (SSSR count). The molecular formula is C29H40BrN3O6. The fourth-order valence-electron chi connectivity index (χ4n) is 6.58. The van der Waals surface area contributed by atoms with E-state index in [0.717, 1.165) is 18.8 Å². The summed E-state index contributed by atoms with van der Waals surface area (Å²) in [6.07, 6.45) is 2.57. The number of aliphatic hydroxyl groups is 1. The number of esters is 1. The van der Waals surface area contributed by atoms with Crippen LogP contribution in [0.3, 0.4) is 0 Å². The van der Waals surface area contributed by atoms with Crippen molar-refractivity contribution in [1.29, 1.82) is 0 Å². The number of hydrogen-bond acceptors (Lipinski definition) is 7. The smallest absolute Gasteiger partial charge is 0.312 e. The number of halogens is 1. The number of unbranched alkanes of at least 4 members (excludes halogenated alkanes) is 1. The third-order valence-corrected chi connectivity index (χ3v) is 9.10. The maximum absolute atomic E-state index is 14.5. The molecule has 9 nitrogen and oxygen atoms in total. The van der Waals surface area contributed by atoms with Gasteiger partial charge in [-0.2, -0.15) is 0 Å². The Morgan fingerprint density at radius 3 is 2.46 bits per heavy atom. The number of benzene rings is 1. The Hall–Kier alpha value is -2.43. The van der Waals surface area contributed by atoms with Crippen LogP contribution in [0.1, 0.15) is 40.0 Å². The first kappa shape index (κ1) is 29.6. The van der Waals surface area contributed by atoms with Crippen molar-refractivity contribution in [3.63, 3.8) is 0 Å². The van der Waals surface area contributed by atoms with Crippen LogP contribution in [0.5, 0.6) is 0 Å². The second-order valence-electron chi connectivity index (χ2n) is 10.3. The molecule has 2 amide bonds. The zero-order valence-corrected chi connectivity index (χ0v) is 24.6. The van der Waals surface area contributed by atoms with Gasteiger partial charge < -0.3 is 29.3 Å². The van der Waals surface area contributed by atoms with Crippen LogP contribution in [0.4, 0.5) is 11.4 Å². The van der Waals surface area contributed by atoms with Crippen LogP contribution in [0, 0.1) is 11.8 Å². The first-order valence-corrected chi connectivity index (χ1v) is 14.9. The number of fused-ring (bicyclic) bond motifs is 1. The third-order valence-electron chi connectivity index (χ3n) is 8.26. The second-order valence-corrected chi connectivity index (χ2v) is 11.5. The summed E-state index contributed by atoms with van der Waals surface area (Å²) in [5, 5.41) is 9.37. The molecule has 1 unspecified atom stereocenters. The summed E-state index contributed by atoms with van der Waals surface area (Å²) >= 11 is 3.67. The van der Waals surface area contributed by atoms with Crippen molar-refractivity contribution in [2.24, 2.45) is 11.8 Å². The van der Waals surface area contributed by atoms with Crippen molar-refractivity contribution in [3.8, 4) is 0 Å². The summed E-state index contributed by atoms with van der Waals surface area (Å²) in [5.41, 5.74) is 0.611. The van der Waals surface area contributed by atoms with Gasteiger partial charge in [0.15, 0.2) is 0 Å². The van der Waals surface area contributed by atoms with Crippen LogP contribution < -0.4 is 9.80 Å². The summed E-state index contributed by atoms with van der Waals surface area (Å²) in [4.78, 5) is 46.8. The minimum Gasteiger partial charge on any atom is -0.466 e. The van der Waals surface area contributed by atoms with Crippen LogP contribution in [0.15, 0.2) is 36.9 Å². The molecule has 3 fully saturated rings. The molecule has 39 heavy (non-hydrogen) atoms. The van der Waals surface area contributed by atoms with Crippen LogP contribution in [0.2, 0.25) is 0 Å². The van der Waals surface area contributed by atoms with E-state index in [1.165, 1.54) is 0 Å². The van der Waals surface area contributed by atoms with Gasteiger partial charge in [-0.3, -0.25) is 14.4 Å². The van der Waals surface area contributed by atoms with E-state index in [9.17, 15) is 19.5 Å². The molecule has 2 bridgehead atoms. The number of rotatable bonds is 13. The predicted octanol–water partition coefficient (Wildman–Crippen LogP) is 3.14. The zero-order chi connectivity index (χ0) is 28.3. The number of likely N-dealkylation sites (tertiary alicyclic amines) is 1. The lowest BCUT2D eigenvalue weighted by atomic mass is 9.70. The standard InChI is InChI=1S/C29H40BrN3O6/c1-5-15-32(20-13-11-19(12-14-20)31(6-2)7-3)27(36)25-29-18-21(30)24(39-29)22(28(37)38-8-4)23(29)26(35)33(25)16-9-10-17-34/h5,11-14,21-25,34H,1,6-10,15-18H2,2-4H3/t21?,22-,23+,24-,25-,29+/m0/s1. The lowest BCUT2D eigenvalue weighted by Gasteiger charge is -2.37. The van der Waals surface area contributed by atoms with E-state index in [4.69, 9.17) is 9.47 Å². The summed E-state index contributed by atoms with van der Waals surface area (Å²) in [5.74, 6) is -2.58. The Bertz CT molecular complexity index is 1060. The number of carbonyl (C=O) groups is 3. The Morgan fingerprint density at radius 1 is 1.21 bits per heavy atom. The summed E-state index contributed by atoms with van der Waals surface area (Å²) in [6.45, 7) is 12.3. The number of alkyl halides is 1. The van der Waals surface area contributed by atoms with E-state index in [1.54, 1.807) is 22.8 Å². The minimum absolute atomic E-state index is 0.00973. The van der Waals surface area contributed by atoms with Gasteiger partial charge in [0.2, 0.25) is 5.91 Å². The number of anilines is 2. The van der Waals surface area contributed by atoms with Crippen molar-refractivity contribution in [3.05, 3.63) is 36.9 Å². The average Bonchev–Trinajstić information content (AvgIpc) is 3.52. The van der Waals surface area contributed by atoms with Crippen LogP contribution >= 0.6 is 15.9 Å². The predicted molar refractivity (Wildman–Crippen MR) is 153 cm³/mol. The third kappa shape index (κ3) is 5.11. The molecule has 3 aliphatic rings. The highest BCUT2D eigenvalue weighted by Crippen LogP contribution is 2.60. The SMILES string of the molecule is C=CCN(C(=O)[C@@H]1N(CCCCO)C(=O)[C@H]2[C@H](C(=O)OCC)[C@H]3O[C@@]12CC3Br)c1ccc(N(CC)CC)cc1. The molecule has 214 valence electrons. The number of carbonyl (C=O) groups excluding carboxylic acids is 3. The molecule has 3 heterocycles. The van der Waals surface area contributed by atoms with E-state index in [2.05, 4.69) is 41.3 Å². The molecule has 3 saturated heterocycles. The van der Waals surface area contributed by atoms with Crippen molar-refractivity contribution in [2.45, 2.75) is 62.6 Å². The van der Waals surface area contributed by atoms with Crippen molar-refractivity contribution < 1.29 is 29.0 Å². The summed E-state index contributed by atoms with van der Waals surface area (Å²) in [6, 6.07) is 6.90. The molecule has 0 radical (unpaired) electrons. The number of amides is 2. The molecule has 0 saturated carbocycles. The minimum atomic E-state index is -1.15. The lowest BCUT2D eigenvalue weighted by molar-refractivity contribution is -0.154. The van der Waals surface area contributed by atoms with E-state index in [1.807, 2.05) is 24.3 Å². The summed E-state index contributed by atoms with van der Waals surface area (Å²) in [7, 11) is 0. The van der Waals surface area contributed by atoms with Gasteiger partial charge in [-0.1, -0.05) is 22.0 Å². The van der Waals surface area contributed by atoms with Crippen LogP contribution in [-0.2, 0) is 23.9 Å². The first-order chi connectivity index (χ1) is 18.8. The van der Waals surface area contributed by atoms with E-state index in [-0.39, 0.29) is 42.9 Å². The number of hydrogen-bond donors (Lipinski definition) is 1. The molecular weight excluding hydrogens is 566 g/mol. The molecule has 6 atom stereocenters. The first-order valence-electron chi connectivity index (χ1n) is 14.0. The zero-order valence-electron chi connectivity index (χ0n) is 23.1. The monoisotopic (exact) mass is 605 g/mol. The second kappa shape index (κ2) is 12.4. The van der Waals surface area contributed by atoms with Crippen LogP contribution in [-0.4, -0.2) is 89.8 Å². The topological polar surface area (TPSA) is 99.6 Å². The largest absolute Gasteiger partial charge is 0.466 e. The average molecular weight is 607 g/mol. The molecule has 0 aromatic heterocycles. The van der Waals surface area contributed by atoms with Gasteiger partial charge in [0.1, 0.15) is 11.6 Å². The van der Waals surface area contributed by atoms with Crippen LogP contribution in [0.25, 0.3) is 0 Å². The van der Waals surface area contributed by atoms with E-state index >= 15 is 0 Å². The quantitative estimate of drug-likeness (QED) is 0.160. The van der Waals surface area contributed by atoms with Gasteiger partial charge in [-0.25, -0.2) is 0 Å². The Balaban J connectivity index is 1.73. The van der Waals surface area contributed by atoms with Crippen molar-refractivity contribution in [1.82, 2.24) is 4.90 Å². The van der Waals surface area contributed by atoms with Gasteiger partial charge in [-0.05, 0) is 64.3 Å².